The lowest BCUT2D eigenvalue weighted by Gasteiger charge is -2.02. The molecule has 15 heavy (non-hydrogen) atoms. The lowest BCUT2D eigenvalue weighted by molar-refractivity contribution is -0.148. The van der Waals surface area contributed by atoms with Gasteiger partial charge in [-0.3, -0.25) is 9.63 Å². The van der Waals surface area contributed by atoms with Gasteiger partial charge in [-0.15, -0.1) is 23.1 Å². The molecular weight excluding hydrogens is 238 g/mol. The summed E-state index contributed by atoms with van der Waals surface area (Å²) in [5, 5.41) is 10.1. The first-order valence-electron chi connectivity index (χ1n) is 3.97. The van der Waals surface area contributed by atoms with E-state index in [1.165, 1.54) is 11.8 Å². The maximum absolute atomic E-state index is 11.1. The van der Waals surface area contributed by atoms with Gasteiger partial charge in [0.1, 0.15) is 0 Å². The van der Waals surface area contributed by atoms with E-state index in [-0.39, 0.29) is 11.7 Å². The molecule has 0 radical (unpaired) electrons. The fraction of sp³-hybridized carbons (Fsp3) is 0.250. The van der Waals surface area contributed by atoms with Gasteiger partial charge in [-0.1, -0.05) is 6.07 Å². The molecule has 0 saturated heterocycles. The molecule has 7 heteroatoms. The Morgan fingerprint density at radius 2 is 2.40 bits per heavy atom. The number of aliphatic carboxylic acids is 1. The van der Waals surface area contributed by atoms with Crippen LogP contribution in [-0.2, 0) is 14.4 Å². The number of carboxylic acids is 1. The average molecular weight is 247 g/mol. The van der Waals surface area contributed by atoms with Crippen LogP contribution in [0.5, 0.6) is 0 Å². The molecule has 1 heterocycles. The smallest absolute Gasteiger partial charge is 0.332 e. The summed E-state index contributed by atoms with van der Waals surface area (Å²) < 4.78 is 1.03. The van der Waals surface area contributed by atoms with Crippen molar-refractivity contribution in [3.63, 3.8) is 0 Å². The third-order valence-electron chi connectivity index (χ3n) is 1.22. The molecular formula is C8H9NO4S2. The minimum Gasteiger partial charge on any atom is -0.479 e. The molecule has 5 nitrogen and oxygen atoms in total. The van der Waals surface area contributed by atoms with Gasteiger partial charge in [-0.05, 0) is 11.4 Å². The topological polar surface area (TPSA) is 75.6 Å². The van der Waals surface area contributed by atoms with Crippen LogP contribution in [0, 0.1) is 0 Å². The molecule has 0 spiro atoms. The Morgan fingerprint density at radius 3 is 3.00 bits per heavy atom. The number of thiophene rings is 1. The first kappa shape index (κ1) is 12.0. The van der Waals surface area contributed by atoms with Crippen molar-refractivity contribution < 1.29 is 19.5 Å². The molecule has 2 N–H and O–H groups in total. The van der Waals surface area contributed by atoms with Gasteiger partial charge in [0.25, 0.3) is 5.91 Å². The molecule has 82 valence electrons. The van der Waals surface area contributed by atoms with E-state index >= 15 is 0 Å². The summed E-state index contributed by atoms with van der Waals surface area (Å²) in [6.45, 7) is -0.532. The molecule has 0 fully saturated rings. The maximum Gasteiger partial charge on any atom is 0.332 e. The summed E-state index contributed by atoms with van der Waals surface area (Å²) in [5.74, 6) is -1.27. The minimum atomic E-state index is -1.12. The van der Waals surface area contributed by atoms with Crippen molar-refractivity contribution >= 4 is 35.0 Å². The number of hydroxylamine groups is 1. The van der Waals surface area contributed by atoms with Crippen LogP contribution in [0.15, 0.2) is 21.7 Å². The van der Waals surface area contributed by atoms with Crippen LogP contribution < -0.4 is 5.48 Å². The van der Waals surface area contributed by atoms with Crippen molar-refractivity contribution in [1.82, 2.24) is 5.48 Å². The third kappa shape index (κ3) is 5.40. The molecule has 0 aliphatic carbocycles. The Kier molecular flexibility index (Phi) is 5.16. The highest BCUT2D eigenvalue weighted by molar-refractivity contribution is 8.01. The first-order valence-corrected chi connectivity index (χ1v) is 5.83. The Bertz CT molecular complexity index is 325. The quantitative estimate of drug-likeness (QED) is 0.578. The molecule has 0 saturated carbocycles. The summed E-state index contributed by atoms with van der Waals surface area (Å²) in [6.07, 6.45) is 0. The van der Waals surface area contributed by atoms with Gasteiger partial charge in [-0.2, -0.15) is 0 Å². The summed E-state index contributed by atoms with van der Waals surface area (Å²) >= 11 is 2.91. The number of nitrogens with one attached hydrogen (secondary N) is 1. The summed E-state index contributed by atoms with van der Waals surface area (Å²) in [6, 6.07) is 3.80. The third-order valence-corrected chi connectivity index (χ3v) is 3.35. The van der Waals surface area contributed by atoms with E-state index in [4.69, 9.17) is 5.11 Å². The largest absolute Gasteiger partial charge is 0.479 e. The molecule has 0 aromatic carbocycles. The number of rotatable bonds is 6. The van der Waals surface area contributed by atoms with Gasteiger partial charge in [0.15, 0.2) is 6.61 Å². The Balaban J connectivity index is 2.11. The molecule has 0 atom stereocenters. The van der Waals surface area contributed by atoms with E-state index in [0.29, 0.717) is 0 Å². The SMILES string of the molecule is O=C(O)CONC(=O)CSc1cccs1. The van der Waals surface area contributed by atoms with Crippen LogP contribution in [0.2, 0.25) is 0 Å². The van der Waals surface area contributed by atoms with E-state index < -0.39 is 12.6 Å². The van der Waals surface area contributed by atoms with Crippen molar-refractivity contribution in [3.8, 4) is 0 Å². The molecule has 0 aliphatic heterocycles. The molecule has 1 rings (SSSR count). The van der Waals surface area contributed by atoms with Gasteiger partial charge in [0, 0.05) is 0 Å². The lowest BCUT2D eigenvalue weighted by Crippen LogP contribution is -2.27. The standard InChI is InChI=1S/C8H9NO4S2/c10-6(9-13-4-7(11)12)5-15-8-2-1-3-14-8/h1-3H,4-5H2,(H,9,10)(H,11,12). The summed E-state index contributed by atoms with van der Waals surface area (Å²) in [7, 11) is 0. The van der Waals surface area contributed by atoms with Crippen LogP contribution in [0.3, 0.4) is 0 Å². The Hall–Kier alpha value is -1.05. The van der Waals surface area contributed by atoms with E-state index in [1.54, 1.807) is 11.3 Å². The Morgan fingerprint density at radius 1 is 1.60 bits per heavy atom. The highest BCUT2D eigenvalue weighted by atomic mass is 32.2. The van der Waals surface area contributed by atoms with Gasteiger partial charge in [-0.25, -0.2) is 10.3 Å². The van der Waals surface area contributed by atoms with Crippen molar-refractivity contribution in [2.24, 2.45) is 0 Å². The fourth-order valence-corrected chi connectivity index (χ4v) is 2.26. The predicted octanol–water partition coefficient (Wildman–Crippen LogP) is 0.973. The number of thioether (sulfide) groups is 1. The van der Waals surface area contributed by atoms with Gasteiger partial charge < -0.3 is 5.11 Å². The average Bonchev–Trinajstić information content (AvgIpc) is 2.66. The van der Waals surface area contributed by atoms with E-state index in [2.05, 4.69) is 4.84 Å². The molecule has 0 aliphatic rings. The van der Waals surface area contributed by atoms with Gasteiger partial charge in [0.2, 0.25) is 0 Å². The number of carbonyl (C=O) groups is 2. The Labute approximate surface area is 94.4 Å². The van der Waals surface area contributed by atoms with Crippen molar-refractivity contribution in [1.29, 1.82) is 0 Å². The molecule has 0 bridgehead atoms. The zero-order valence-electron chi connectivity index (χ0n) is 7.63. The highest BCUT2D eigenvalue weighted by Crippen LogP contribution is 2.22. The van der Waals surface area contributed by atoms with Crippen LogP contribution in [0.1, 0.15) is 0 Å². The highest BCUT2D eigenvalue weighted by Gasteiger charge is 2.04. The van der Waals surface area contributed by atoms with Crippen molar-refractivity contribution in [2.45, 2.75) is 4.21 Å². The second-order valence-electron chi connectivity index (χ2n) is 2.43. The predicted molar refractivity (Wildman–Crippen MR) is 56.8 cm³/mol. The lowest BCUT2D eigenvalue weighted by atomic mass is 10.7. The van der Waals surface area contributed by atoms with Crippen molar-refractivity contribution in [3.05, 3.63) is 17.5 Å². The number of hydrogen-bond donors (Lipinski definition) is 2. The fourth-order valence-electron chi connectivity index (χ4n) is 0.690. The second kappa shape index (κ2) is 6.44. The monoisotopic (exact) mass is 247 g/mol. The number of hydrogen-bond acceptors (Lipinski definition) is 5. The van der Waals surface area contributed by atoms with Crippen LogP contribution >= 0.6 is 23.1 Å². The van der Waals surface area contributed by atoms with E-state index in [0.717, 1.165) is 4.21 Å². The van der Waals surface area contributed by atoms with Crippen LogP contribution in [0.4, 0.5) is 0 Å². The van der Waals surface area contributed by atoms with Crippen LogP contribution in [0.25, 0.3) is 0 Å². The normalized spacial score (nSPS) is 9.87. The van der Waals surface area contributed by atoms with Gasteiger partial charge in [0.05, 0.1) is 9.96 Å². The number of carbonyl (C=O) groups excluding carboxylic acids is 1. The minimum absolute atomic E-state index is 0.208. The second-order valence-corrected chi connectivity index (χ2v) is 4.65. The molecule has 1 aromatic heterocycles. The van der Waals surface area contributed by atoms with Crippen molar-refractivity contribution in [2.75, 3.05) is 12.4 Å². The van der Waals surface area contributed by atoms with Gasteiger partial charge >= 0.3 is 5.97 Å². The van der Waals surface area contributed by atoms with E-state index in [9.17, 15) is 9.59 Å². The first-order chi connectivity index (χ1) is 7.18. The molecule has 1 aromatic rings. The van der Waals surface area contributed by atoms with E-state index in [1.807, 2.05) is 23.0 Å². The molecule has 1 amide bonds. The van der Waals surface area contributed by atoms with Crippen LogP contribution in [-0.4, -0.2) is 29.3 Å². The molecule has 0 unspecified atom stereocenters. The number of amides is 1. The zero-order valence-corrected chi connectivity index (χ0v) is 9.27. The zero-order chi connectivity index (χ0) is 11.1. The number of carboxylic acid groups (broad SMARTS) is 1. The maximum atomic E-state index is 11.1. The summed E-state index contributed by atoms with van der Waals surface area (Å²) in [4.78, 5) is 25.5. The summed E-state index contributed by atoms with van der Waals surface area (Å²) in [5.41, 5.74) is 2.04.